The molecule has 0 unspecified atom stereocenters. The third-order valence-electron chi connectivity index (χ3n) is 3.59. The molecule has 0 saturated carbocycles. The minimum absolute atomic E-state index is 0.161. The van der Waals surface area contributed by atoms with Gasteiger partial charge in [0.05, 0.1) is 20.8 Å². The number of benzene rings is 1. The Morgan fingerprint density at radius 2 is 1.85 bits per heavy atom. The lowest BCUT2D eigenvalue weighted by molar-refractivity contribution is -0.142. The zero-order valence-electron chi connectivity index (χ0n) is 12.2. The van der Waals surface area contributed by atoms with Crippen molar-refractivity contribution in [1.82, 2.24) is 9.80 Å². The summed E-state index contributed by atoms with van der Waals surface area (Å²) in [6, 6.07) is 8.16. The van der Waals surface area contributed by atoms with E-state index in [0.717, 1.165) is 38.5 Å². The number of ether oxygens (including phenoxy) is 2. The summed E-state index contributed by atoms with van der Waals surface area (Å²) in [5.41, 5.74) is 1.26. The van der Waals surface area contributed by atoms with Gasteiger partial charge in [0.15, 0.2) is 0 Å². The van der Waals surface area contributed by atoms with Crippen molar-refractivity contribution in [2.24, 2.45) is 0 Å². The second-order valence-electron chi connectivity index (χ2n) is 4.98. The third-order valence-corrected chi connectivity index (χ3v) is 3.59. The van der Waals surface area contributed by atoms with Gasteiger partial charge in [-0.15, -0.1) is 0 Å². The van der Waals surface area contributed by atoms with E-state index in [1.165, 1.54) is 12.7 Å². The van der Waals surface area contributed by atoms with Gasteiger partial charge < -0.3 is 9.47 Å². The molecule has 1 aromatic carbocycles. The molecule has 0 bridgehead atoms. The van der Waals surface area contributed by atoms with Crippen molar-refractivity contribution in [2.75, 3.05) is 46.9 Å². The highest BCUT2D eigenvalue weighted by molar-refractivity contribution is 5.71. The van der Waals surface area contributed by atoms with E-state index in [0.29, 0.717) is 6.54 Å². The molecule has 20 heavy (non-hydrogen) atoms. The van der Waals surface area contributed by atoms with E-state index < -0.39 is 0 Å². The lowest BCUT2D eigenvalue weighted by Gasteiger charge is -2.34. The molecule has 1 saturated heterocycles. The number of nitrogens with zero attached hydrogens (tertiary/aromatic N) is 2. The van der Waals surface area contributed by atoms with E-state index in [4.69, 9.17) is 9.47 Å². The molecule has 5 heteroatoms. The summed E-state index contributed by atoms with van der Waals surface area (Å²) >= 11 is 0. The Hall–Kier alpha value is -1.59. The first-order valence-electron chi connectivity index (χ1n) is 6.85. The van der Waals surface area contributed by atoms with Crippen molar-refractivity contribution in [2.45, 2.75) is 6.54 Å². The van der Waals surface area contributed by atoms with Crippen LogP contribution < -0.4 is 4.74 Å². The summed E-state index contributed by atoms with van der Waals surface area (Å²) in [7, 11) is 3.12. The van der Waals surface area contributed by atoms with Crippen LogP contribution in [0.4, 0.5) is 0 Å². The zero-order chi connectivity index (χ0) is 14.4. The fourth-order valence-electron chi connectivity index (χ4n) is 2.38. The normalized spacial score (nSPS) is 16.9. The topological polar surface area (TPSA) is 42.0 Å². The number of esters is 1. The molecule has 0 spiro atoms. The molecule has 110 valence electrons. The molecule has 1 fully saturated rings. The van der Waals surface area contributed by atoms with Gasteiger partial charge in [0.25, 0.3) is 0 Å². The van der Waals surface area contributed by atoms with Crippen LogP contribution in [0.5, 0.6) is 5.75 Å². The number of carbonyl (C=O) groups excluding carboxylic acids is 1. The molecule has 0 aromatic heterocycles. The predicted molar refractivity (Wildman–Crippen MR) is 76.7 cm³/mol. The van der Waals surface area contributed by atoms with Crippen LogP contribution in [0.2, 0.25) is 0 Å². The average Bonchev–Trinajstić information content (AvgIpc) is 2.49. The summed E-state index contributed by atoms with van der Waals surface area (Å²) in [4.78, 5) is 15.8. The van der Waals surface area contributed by atoms with Gasteiger partial charge in [-0.3, -0.25) is 14.6 Å². The van der Waals surface area contributed by atoms with Gasteiger partial charge >= 0.3 is 5.97 Å². The van der Waals surface area contributed by atoms with Crippen molar-refractivity contribution in [3.63, 3.8) is 0 Å². The van der Waals surface area contributed by atoms with Gasteiger partial charge in [0, 0.05) is 32.7 Å². The Bertz CT molecular complexity index is 442. The summed E-state index contributed by atoms with van der Waals surface area (Å²) in [5, 5.41) is 0. The number of hydrogen-bond donors (Lipinski definition) is 0. The molecule has 2 rings (SSSR count). The molecule has 0 aliphatic carbocycles. The minimum Gasteiger partial charge on any atom is -0.497 e. The maximum atomic E-state index is 11.2. The molecule has 5 nitrogen and oxygen atoms in total. The Balaban J connectivity index is 1.80. The Labute approximate surface area is 120 Å². The van der Waals surface area contributed by atoms with Crippen molar-refractivity contribution in [1.29, 1.82) is 0 Å². The molecular weight excluding hydrogens is 256 g/mol. The number of rotatable bonds is 5. The van der Waals surface area contributed by atoms with Crippen LogP contribution >= 0.6 is 0 Å². The standard InChI is InChI=1S/C15H22N2O3/c1-19-14-5-3-4-13(10-14)11-16-6-8-17(9-7-16)12-15(18)20-2/h3-5,10H,6-9,11-12H2,1-2H3. The number of hydrogen-bond acceptors (Lipinski definition) is 5. The first kappa shape index (κ1) is 14.8. The van der Waals surface area contributed by atoms with Gasteiger partial charge in [-0.05, 0) is 17.7 Å². The molecule has 0 amide bonds. The maximum absolute atomic E-state index is 11.2. The van der Waals surface area contributed by atoms with E-state index in [-0.39, 0.29) is 5.97 Å². The summed E-state index contributed by atoms with van der Waals surface area (Å²) in [6.45, 7) is 5.05. The van der Waals surface area contributed by atoms with Gasteiger partial charge in [0.2, 0.25) is 0 Å². The first-order valence-corrected chi connectivity index (χ1v) is 6.85. The van der Waals surface area contributed by atoms with E-state index in [9.17, 15) is 4.79 Å². The zero-order valence-corrected chi connectivity index (χ0v) is 12.2. The summed E-state index contributed by atoms with van der Waals surface area (Å²) < 4.78 is 9.93. The van der Waals surface area contributed by atoms with Crippen LogP contribution in [0.15, 0.2) is 24.3 Å². The predicted octanol–water partition coefficient (Wildman–Crippen LogP) is 0.986. The second kappa shape index (κ2) is 7.26. The van der Waals surface area contributed by atoms with Crippen LogP contribution in [0.25, 0.3) is 0 Å². The van der Waals surface area contributed by atoms with Crippen LogP contribution in [-0.2, 0) is 16.1 Å². The molecule has 1 aromatic rings. The summed E-state index contributed by atoms with van der Waals surface area (Å²) in [6.07, 6.45) is 0. The van der Waals surface area contributed by atoms with Crippen molar-refractivity contribution in [3.8, 4) is 5.75 Å². The molecule has 1 aliphatic heterocycles. The molecular formula is C15H22N2O3. The van der Waals surface area contributed by atoms with Crippen molar-refractivity contribution >= 4 is 5.97 Å². The molecule has 0 atom stereocenters. The lowest BCUT2D eigenvalue weighted by atomic mass is 10.2. The largest absolute Gasteiger partial charge is 0.497 e. The fraction of sp³-hybridized carbons (Fsp3) is 0.533. The molecule has 1 heterocycles. The molecule has 0 N–H and O–H groups in total. The second-order valence-corrected chi connectivity index (χ2v) is 4.98. The first-order chi connectivity index (χ1) is 9.71. The number of piperazine rings is 1. The third kappa shape index (κ3) is 4.21. The Morgan fingerprint density at radius 1 is 1.15 bits per heavy atom. The lowest BCUT2D eigenvalue weighted by Crippen LogP contribution is -2.47. The van der Waals surface area contributed by atoms with Crippen LogP contribution in [0.3, 0.4) is 0 Å². The monoisotopic (exact) mass is 278 g/mol. The van der Waals surface area contributed by atoms with Gasteiger partial charge in [-0.25, -0.2) is 0 Å². The van der Waals surface area contributed by atoms with E-state index in [1.807, 2.05) is 12.1 Å². The summed E-state index contributed by atoms with van der Waals surface area (Å²) in [5.74, 6) is 0.734. The fourth-order valence-corrected chi connectivity index (χ4v) is 2.38. The average molecular weight is 278 g/mol. The minimum atomic E-state index is -0.161. The van der Waals surface area contributed by atoms with Crippen LogP contribution in [0, 0.1) is 0 Å². The van der Waals surface area contributed by atoms with E-state index in [2.05, 4.69) is 21.9 Å². The smallest absolute Gasteiger partial charge is 0.319 e. The highest BCUT2D eigenvalue weighted by Gasteiger charge is 2.19. The molecule has 1 aliphatic rings. The highest BCUT2D eigenvalue weighted by Crippen LogP contribution is 2.15. The van der Waals surface area contributed by atoms with Crippen molar-refractivity contribution in [3.05, 3.63) is 29.8 Å². The molecule has 0 radical (unpaired) electrons. The highest BCUT2D eigenvalue weighted by atomic mass is 16.5. The van der Waals surface area contributed by atoms with Crippen molar-refractivity contribution < 1.29 is 14.3 Å². The van der Waals surface area contributed by atoms with Gasteiger partial charge in [-0.1, -0.05) is 12.1 Å². The van der Waals surface area contributed by atoms with E-state index >= 15 is 0 Å². The maximum Gasteiger partial charge on any atom is 0.319 e. The Kier molecular flexibility index (Phi) is 5.38. The number of carbonyl (C=O) groups is 1. The van der Waals surface area contributed by atoms with Gasteiger partial charge in [0.1, 0.15) is 5.75 Å². The Morgan fingerprint density at radius 3 is 2.50 bits per heavy atom. The quantitative estimate of drug-likeness (QED) is 0.751. The van der Waals surface area contributed by atoms with E-state index in [1.54, 1.807) is 7.11 Å². The van der Waals surface area contributed by atoms with Crippen LogP contribution in [-0.4, -0.2) is 62.7 Å². The number of methoxy groups -OCH3 is 2. The SMILES string of the molecule is COC(=O)CN1CCN(Cc2cccc(OC)c2)CC1. The van der Waals surface area contributed by atoms with Crippen LogP contribution in [0.1, 0.15) is 5.56 Å². The van der Waals surface area contributed by atoms with Gasteiger partial charge in [-0.2, -0.15) is 0 Å².